The minimum atomic E-state index is 0.422. The Kier molecular flexibility index (Phi) is 4.52. The molecule has 0 aliphatic heterocycles. The lowest BCUT2D eigenvalue weighted by Gasteiger charge is -2.11. The Morgan fingerprint density at radius 2 is 2.05 bits per heavy atom. The van der Waals surface area contributed by atoms with Gasteiger partial charge in [0.25, 0.3) is 0 Å². The lowest BCUT2D eigenvalue weighted by Crippen LogP contribution is -2.08. The quantitative estimate of drug-likeness (QED) is 0.882. The Morgan fingerprint density at radius 3 is 2.74 bits per heavy atom. The maximum absolute atomic E-state index is 4.20. The maximum Gasteiger partial charge on any atom is 0.205 e. The summed E-state index contributed by atoms with van der Waals surface area (Å²) in [6, 6.07) is 0.422. The predicted octanol–water partition coefficient (Wildman–Crippen LogP) is 3.13. The number of hydrogen-bond donors (Lipinski definition) is 1. The number of hydrogen-bond acceptors (Lipinski definition) is 5. The summed E-state index contributed by atoms with van der Waals surface area (Å²) in [5.74, 6) is 0.614. The molecule has 2 heterocycles. The van der Waals surface area contributed by atoms with Crippen molar-refractivity contribution in [2.45, 2.75) is 46.7 Å². The molecule has 6 heteroatoms. The Labute approximate surface area is 118 Å². The van der Waals surface area contributed by atoms with Crippen molar-refractivity contribution in [2.75, 3.05) is 5.32 Å². The smallest absolute Gasteiger partial charge is 0.205 e. The number of rotatable bonds is 6. The molecule has 0 radical (unpaired) electrons. The van der Waals surface area contributed by atoms with Crippen molar-refractivity contribution in [3.8, 4) is 0 Å². The monoisotopic (exact) mass is 279 g/mol. The van der Waals surface area contributed by atoms with Crippen LogP contribution in [0.4, 0.5) is 5.13 Å². The van der Waals surface area contributed by atoms with Crippen molar-refractivity contribution in [1.29, 1.82) is 0 Å². The highest BCUT2D eigenvalue weighted by Crippen LogP contribution is 2.19. The first-order chi connectivity index (χ1) is 9.06. The van der Waals surface area contributed by atoms with Crippen molar-refractivity contribution in [3.63, 3.8) is 0 Å². The molecular weight excluding hydrogens is 258 g/mol. The van der Waals surface area contributed by atoms with E-state index in [-0.39, 0.29) is 0 Å². The van der Waals surface area contributed by atoms with Crippen LogP contribution in [0.15, 0.2) is 12.5 Å². The van der Waals surface area contributed by atoms with Gasteiger partial charge in [-0.15, -0.1) is 10.2 Å². The largest absolute Gasteiger partial charge is 0.354 e. The number of anilines is 1. The van der Waals surface area contributed by atoms with Crippen LogP contribution in [-0.4, -0.2) is 19.7 Å². The van der Waals surface area contributed by atoms with Gasteiger partial charge in [-0.25, -0.2) is 4.98 Å². The fourth-order valence-corrected chi connectivity index (χ4v) is 2.80. The minimum Gasteiger partial charge on any atom is -0.354 e. The molecule has 104 valence electrons. The van der Waals surface area contributed by atoms with Crippen LogP contribution in [0.1, 0.15) is 44.4 Å². The third kappa shape index (κ3) is 3.76. The second kappa shape index (κ2) is 6.14. The first-order valence-corrected chi connectivity index (χ1v) is 7.45. The van der Waals surface area contributed by atoms with Crippen LogP contribution < -0.4 is 5.32 Å². The lowest BCUT2D eigenvalue weighted by atomic mass is 10.1. The summed E-state index contributed by atoms with van der Waals surface area (Å²) in [6.07, 6.45) is 4.75. The molecule has 1 N–H and O–H groups in total. The molecule has 5 nitrogen and oxygen atoms in total. The van der Waals surface area contributed by atoms with E-state index in [1.54, 1.807) is 11.3 Å². The average molecular weight is 279 g/mol. The fraction of sp³-hybridized carbons (Fsp3) is 0.615. The molecule has 2 aromatic rings. The highest BCUT2D eigenvalue weighted by Gasteiger charge is 2.08. The van der Waals surface area contributed by atoms with Gasteiger partial charge in [0.1, 0.15) is 5.01 Å². The van der Waals surface area contributed by atoms with Crippen molar-refractivity contribution in [1.82, 2.24) is 19.7 Å². The van der Waals surface area contributed by atoms with E-state index in [9.17, 15) is 0 Å². The van der Waals surface area contributed by atoms with Gasteiger partial charge in [0.2, 0.25) is 5.13 Å². The summed E-state index contributed by atoms with van der Waals surface area (Å²) < 4.78 is 2.16. The van der Waals surface area contributed by atoms with Gasteiger partial charge in [0.05, 0.1) is 18.6 Å². The summed E-state index contributed by atoms with van der Waals surface area (Å²) in [5.41, 5.74) is 1.16. The molecule has 0 fully saturated rings. The van der Waals surface area contributed by atoms with E-state index in [0.717, 1.165) is 28.8 Å². The van der Waals surface area contributed by atoms with E-state index >= 15 is 0 Å². The van der Waals surface area contributed by atoms with Crippen LogP contribution in [0.25, 0.3) is 0 Å². The topological polar surface area (TPSA) is 55.6 Å². The third-order valence-corrected chi connectivity index (χ3v) is 3.68. The van der Waals surface area contributed by atoms with Gasteiger partial charge in [-0.1, -0.05) is 25.2 Å². The van der Waals surface area contributed by atoms with Crippen LogP contribution in [-0.2, 0) is 13.0 Å². The highest BCUT2D eigenvalue weighted by atomic mass is 32.1. The molecule has 0 saturated heterocycles. The van der Waals surface area contributed by atoms with Crippen LogP contribution >= 0.6 is 11.3 Å². The minimum absolute atomic E-state index is 0.422. The van der Waals surface area contributed by atoms with Gasteiger partial charge in [0, 0.05) is 18.7 Å². The van der Waals surface area contributed by atoms with E-state index < -0.39 is 0 Å². The molecule has 0 aromatic carbocycles. The zero-order valence-corrected chi connectivity index (χ0v) is 12.7. The predicted molar refractivity (Wildman–Crippen MR) is 78.4 cm³/mol. The average Bonchev–Trinajstić information content (AvgIpc) is 2.93. The van der Waals surface area contributed by atoms with E-state index in [4.69, 9.17) is 0 Å². The SMILES string of the molecule is CC(C)Cc1nnc(NCc2cncn2C(C)C)s1. The van der Waals surface area contributed by atoms with Gasteiger partial charge >= 0.3 is 0 Å². The third-order valence-electron chi connectivity index (χ3n) is 2.77. The highest BCUT2D eigenvalue weighted by molar-refractivity contribution is 7.15. The van der Waals surface area contributed by atoms with Gasteiger partial charge in [-0.3, -0.25) is 0 Å². The zero-order chi connectivity index (χ0) is 13.8. The summed E-state index contributed by atoms with van der Waals surface area (Å²) in [7, 11) is 0. The van der Waals surface area contributed by atoms with Crippen molar-refractivity contribution in [3.05, 3.63) is 23.2 Å². The summed E-state index contributed by atoms with van der Waals surface area (Å²) in [5, 5.41) is 13.7. The molecule has 0 aliphatic carbocycles. The molecule has 0 unspecified atom stereocenters. The number of nitrogens with zero attached hydrogens (tertiary/aromatic N) is 4. The zero-order valence-electron chi connectivity index (χ0n) is 11.9. The second-order valence-electron chi connectivity index (χ2n) is 5.34. The number of imidazole rings is 1. The van der Waals surface area contributed by atoms with Crippen LogP contribution in [0, 0.1) is 5.92 Å². The standard InChI is InChI=1S/C13H21N5S/c1-9(2)5-12-16-17-13(19-12)15-7-11-6-14-8-18(11)10(3)4/h6,8-10H,5,7H2,1-4H3,(H,15,17). The Bertz CT molecular complexity index is 515. The normalized spacial score (nSPS) is 11.5. The van der Waals surface area contributed by atoms with E-state index in [1.807, 2.05) is 12.5 Å². The second-order valence-corrected chi connectivity index (χ2v) is 6.40. The van der Waals surface area contributed by atoms with Crippen molar-refractivity contribution in [2.24, 2.45) is 5.92 Å². The summed E-state index contributed by atoms with van der Waals surface area (Å²) in [4.78, 5) is 4.19. The van der Waals surface area contributed by atoms with Gasteiger partial charge in [-0.2, -0.15) is 0 Å². The number of nitrogens with one attached hydrogen (secondary N) is 1. The van der Waals surface area contributed by atoms with Crippen molar-refractivity contribution < 1.29 is 0 Å². The van der Waals surface area contributed by atoms with E-state index in [1.165, 1.54) is 0 Å². The van der Waals surface area contributed by atoms with E-state index in [2.05, 4.69) is 52.8 Å². The molecule has 2 rings (SSSR count). The van der Waals surface area contributed by atoms with Gasteiger partial charge in [-0.05, 0) is 19.8 Å². The fourth-order valence-electron chi connectivity index (χ4n) is 1.86. The van der Waals surface area contributed by atoms with Gasteiger partial charge < -0.3 is 9.88 Å². The first-order valence-electron chi connectivity index (χ1n) is 6.63. The summed E-state index contributed by atoms with van der Waals surface area (Å²) >= 11 is 1.63. The molecular formula is C13H21N5S. The Morgan fingerprint density at radius 1 is 1.26 bits per heavy atom. The van der Waals surface area contributed by atoms with Crippen LogP contribution in [0.3, 0.4) is 0 Å². The molecule has 0 bridgehead atoms. The maximum atomic E-state index is 4.20. The lowest BCUT2D eigenvalue weighted by molar-refractivity contribution is 0.577. The molecule has 0 saturated carbocycles. The molecule has 0 amide bonds. The van der Waals surface area contributed by atoms with Crippen LogP contribution in [0.5, 0.6) is 0 Å². The molecule has 19 heavy (non-hydrogen) atoms. The van der Waals surface area contributed by atoms with Gasteiger partial charge in [0.15, 0.2) is 0 Å². The molecule has 0 spiro atoms. The number of aromatic nitrogens is 4. The Hall–Kier alpha value is -1.43. The summed E-state index contributed by atoms with van der Waals surface area (Å²) in [6.45, 7) is 9.41. The van der Waals surface area contributed by atoms with E-state index in [0.29, 0.717) is 12.0 Å². The molecule has 2 aromatic heterocycles. The first kappa shape index (κ1) is 14.0. The molecule has 0 atom stereocenters. The Balaban J connectivity index is 1.95. The molecule has 0 aliphatic rings. The van der Waals surface area contributed by atoms with Crippen LogP contribution in [0.2, 0.25) is 0 Å². The van der Waals surface area contributed by atoms with Crippen molar-refractivity contribution >= 4 is 16.5 Å².